The number of aromatic amines is 1. The molecule has 1 aliphatic heterocycles. The quantitative estimate of drug-likeness (QED) is 0.192. The number of imidazole rings is 1. The minimum atomic E-state index is -5.36. The fraction of sp³-hybridized carbons (Fsp3) is 0.500. The first-order valence-electron chi connectivity index (χ1n) is 7.36. The highest BCUT2D eigenvalue weighted by molar-refractivity contribution is 7.80. The largest absolute Gasteiger partial charge is 0.481 e. The Kier molecular flexibility index (Phi) is 5.73. The van der Waals surface area contributed by atoms with Gasteiger partial charge in [-0.05, 0) is 0 Å². The van der Waals surface area contributed by atoms with Gasteiger partial charge in [0.2, 0.25) is 5.95 Å². The lowest BCUT2D eigenvalue weighted by Gasteiger charge is -2.22. The number of nitrogens with zero attached hydrogens (tertiary/aromatic N) is 3. The van der Waals surface area contributed by atoms with Gasteiger partial charge in [-0.15, -0.1) is 0 Å². The van der Waals surface area contributed by atoms with E-state index in [2.05, 4.69) is 31.9 Å². The van der Waals surface area contributed by atoms with Crippen LogP contribution in [-0.4, -0.2) is 63.4 Å². The van der Waals surface area contributed by atoms with E-state index in [0.29, 0.717) is 0 Å². The molecule has 1 saturated heterocycles. The van der Waals surface area contributed by atoms with Crippen LogP contribution in [0.5, 0.6) is 0 Å². The number of phosphoric acid groups is 2. The van der Waals surface area contributed by atoms with E-state index in [4.69, 9.17) is 24.8 Å². The predicted octanol–water partition coefficient (Wildman–Crippen LogP) is -1.52. The van der Waals surface area contributed by atoms with Gasteiger partial charge >= 0.3 is 15.6 Å². The number of H-pyrrole nitrogens is 1. The zero-order valence-electron chi connectivity index (χ0n) is 13.6. The van der Waals surface area contributed by atoms with Crippen molar-refractivity contribution in [1.82, 2.24) is 19.5 Å². The van der Waals surface area contributed by atoms with Crippen molar-refractivity contribution in [2.45, 2.75) is 24.5 Å². The van der Waals surface area contributed by atoms with E-state index in [1.807, 2.05) is 0 Å². The molecule has 2 aromatic heterocycles. The molecule has 1 unspecified atom stereocenters. The summed E-state index contributed by atoms with van der Waals surface area (Å²) in [6, 6.07) is 0. The Morgan fingerprint density at radius 2 is 2.07 bits per heavy atom. The van der Waals surface area contributed by atoms with Gasteiger partial charge in [0.15, 0.2) is 17.4 Å². The van der Waals surface area contributed by atoms with Crippen LogP contribution in [0.4, 0.5) is 5.95 Å². The maximum atomic E-state index is 11.9. The lowest BCUT2D eigenvalue weighted by molar-refractivity contribution is -0.0287. The third kappa shape index (κ3) is 4.31. The highest BCUT2D eigenvalue weighted by Crippen LogP contribution is 2.59. The number of rotatable bonds is 6. The van der Waals surface area contributed by atoms with Crippen LogP contribution in [0.2, 0.25) is 0 Å². The first kappa shape index (κ1) is 21.4. The average molecular weight is 459 g/mol. The van der Waals surface area contributed by atoms with Crippen LogP contribution in [0, 0.1) is 0 Å². The van der Waals surface area contributed by atoms with Crippen molar-refractivity contribution in [2.24, 2.45) is 0 Å². The van der Waals surface area contributed by atoms with Crippen molar-refractivity contribution in [3.05, 3.63) is 16.7 Å². The molecule has 0 aliphatic carbocycles. The highest BCUT2D eigenvalue weighted by Gasteiger charge is 2.49. The number of nitrogen functional groups attached to an aromatic ring is 1. The van der Waals surface area contributed by atoms with Gasteiger partial charge in [0, 0.05) is 5.75 Å². The standard InChI is InChI=1S/C10H15N5O10P2S/c11-10-13-7-4(8(17)14-10)12-2-15(7)9-5(16)6(3(1-28)23-9)24-27(21,22)25-26(18,19)20/h2-3,5-6,9,16,28H,1H2,(H,21,22)(H2,18,19,20)(H3,11,13,14,17)/t3-,5-,6-,9-/m1/s1. The number of aliphatic hydroxyl groups excluding tert-OH is 1. The summed E-state index contributed by atoms with van der Waals surface area (Å²) in [5.41, 5.74) is 4.72. The van der Waals surface area contributed by atoms with Gasteiger partial charge in [-0.3, -0.25) is 18.9 Å². The van der Waals surface area contributed by atoms with E-state index in [9.17, 15) is 23.9 Å². The Morgan fingerprint density at radius 1 is 1.39 bits per heavy atom. The minimum absolute atomic E-state index is 0.0393. The predicted molar refractivity (Wildman–Crippen MR) is 94.2 cm³/mol. The molecule has 5 atom stereocenters. The lowest BCUT2D eigenvalue weighted by Crippen LogP contribution is -2.34. The van der Waals surface area contributed by atoms with Gasteiger partial charge in [0.05, 0.1) is 12.4 Å². The van der Waals surface area contributed by atoms with E-state index in [1.54, 1.807) is 0 Å². The van der Waals surface area contributed by atoms with E-state index >= 15 is 0 Å². The highest BCUT2D eigenvalue weighted by atomic mass is 32.1. The van der Waals surface area contributed by atoms with Crippen molar-refractivity contribution in [2.75, 3.05) is 11.5 Å². The summed E-state index contributed by atoms with van der Waals surface area (Å²) < 4.78 is 37.7. The van der Waals surface area contributed by atoms with Crippen LogP contribution in [0.1, 0.15) is 6.23 Å². The lowest BCUT2D eigenvalue weighted by atomic mass is 10.1. The van der Waals surface area contributed by atoms with Crippen LogP contribution in [0.3, 0.4) is 0 Å². The number of fused-ring (bicyclic) bond motifs is 1. The maximum absolute atomic E-state index is 11.9. The van der Waals surface area contributed by atoms with E-state index in [-0.39, 0.29) is 22.9 Å². The van der Waals surface area contributed by atoms with Crippen LogP contribution in [0.15, 0.2) is 11.1 Å². The first-order chi connectivity index (χ1) is 12.9. The summed E-state index contributed by atoms with van der Waals surface area (Å²) in [4.78, 5) is 48.8. The number of aromatic nitrogens is 4. The molecule has 0 saturated carbocycles. The zero-order chi connectivity index (χ0) is 20.9. The molecule has 156 valence electrons. The molecule has 7 N–H and O–H groups in total. The number of thiol groups is 1. The number of hydrogen-bond donors (Lipinski definition) is 7. The summed E-state index contributed by atoms with van der Waals surface area (Å²) in [6.45, 7) is 0. The van der Waals surface area contributed by atoms with Crippen molar-refractivity contribution >= 4 is 45.4 Å². The fourth-order valence-corrected chi connectivity index (χ4v) is 4.75. The molecular weight excluding hydrogens is 444 g/mol. The van der Waals surface area contributed by atoms with Gasteiger partial charge in [-0.1, -0.05) is 0 Å². The van der Waals surface area contributed by atoms with Gasteiger partial charge < -0.3 is 30.3 Å². The molecular formula is C10H15N5O10P2S. The van der Waals surface area contributed by atoms with Gasteiger partial charge in [-0.2, -0.15) is 21.9 Å². The maximum Gasteiger partial charge on any atom is 0.481 e. The second-order valence-corrected chi connectivity index (χ2v) is 8.77. The number of nitrogens with one attached hydrogen (secondary N) is 1. The van der Waals surface area contributed by atoms with Gasteiger partial charge in [0.25, 0.3) is 5.56 Å². The Hall–Kier alpha value is -1.32. The second-order valence-electron chi connectivity index (χ2n) is 5.62. The topological polar surface area (TPSA) is 232 Å². The van der Waals surface area contributed by atoms with Crippen molar-refractivity contribution in [3.8, 4) is 0 Å². The van der Waals surface area contributed by atoms with Crippen molar-refractivity contribution in [3.63, 3.8) is 0 Å². The van der Waals surface area contributed by atoms with E-state index in [1.165, 1.54) is 0 Å². The number of nitrogens with two attached hydrogens (primary N) is 1. The number of phosphoric ester groups is 1. The molecule has 0 amide bonds. The molecule has 28 heavy (non-hydrogen) atoms. The molecule has 3 rings (SSSR count). The molecule has 1 aliphatic rings. The van der Waals surface area contributed by atoms with Crippen LogP contribution in [0.25, 0.3) is 11.2 Å². The molecule has 0 spiro atoms. The zero-order valence-corrected chi connectivity index (χ0v) is 16.3. The Bertz CT molecular complexity index is 1040. The van der Waals surface area contributed by atoms with Crippen molar-refractivity contribution < 1.29 is 42.5 Å². The summed E-state index contributed by atoms with van der Waals surface area (Å²) >= 11 is 4.00. The van der Waals surface area contributed by atoms with Crippen LogP contribution < -0.4 is 11.3 Å². The summed E-state index contributed by atoms with van der Waals surface area (Å²) in [7, 11) is -10.6. The minimum Gasteiger partial charge on any atom is -0.386 e. The summed E-state index contributed by atoms with van der Waals surface area (Å²) in [5, 5.41) is 10.5. The third-order valence-corrected chi connectivity index (χ3v) is 6.22. The number of hydrogen-bond acceptors (Lipinski definition) is 11. The van der Waals surface area contributed by atoms with Gasteiger partial charge in [0.1, 0.15) is 12.2 Å². The number of aliphatic hydroxyl groups is 1. The molecule has 0 bridgehead atoms. The second kappa shape index (κ2) is 7.50. The number of anilines is 1. The number of ether oxygens (including phenoxy) is 1. The third-order valence-electron chi connectivity index (χ3n) is 3.68. The average Bonchev–Trinajstić information content (AvgIpc) is 3.07. The Morgan fingerprint density at radius 3 is 2.68 bits per heavy atom. The molecule has 0 aromatic carbocycles. The van der Waals surface area contributed by atoms with Gasteiger partial charge in [-0.25, -0.2) is 14.1 Å². The molecule has 0 radical (unpaired) electrons. The van der Waals surface area contributed by atoms with E-state index in [0.717, 1.165) is 10.9 Å². The van der Waals surface area contributed by atoms with E-state index < -0.39 is 45.7 Å². The summed E-state index contributed by atoms with van der Waals surface area (Å²) in [6.07, 6.45) is -4.49. The Labute approximate surface area is 160 Å². The molecule has 15 nitrogen and oxygen atoms in total. The Balaban J connectivity index is 1.93. The van der Waals surface area contributed by atoms with Crippen LogP contribution in [-0.2, 0) is 22.7 Å². The van der Waals surface area contributed by atoms with Crippen molar-refractivity contribution in [1.29, 1.82) is 0 Å². The SMILES string of the molecule is Nc1nc2c(ncn2[C@@H]2O[C@H](CS)[C@@H](OP(=O)(O)OP(=O)(O)O)[C@H]2O)c(=O)[nH]1. The smallest absolute Gasteiger partial charge is 0.386 e. The normalized spacial score (nSPS) is 27.9. The molecule has 18 heteroatoms. The van der Waals surface area contributed by atoms with Crippen LogP contribution >= 0.6 is 28.3 Å². The monoisotopic (exact) mass is 459 g/mol. The molecule has 2 aromatic rings. The molecule has 1 fully saturated rings. The molecule has 3 heterocycles. The first-order valence-corrected chi connectivity index (χ1v) is 11.0. The summed E-state index contributed by atoms with van der Waals surface area (Å²) in [5.74, 6) is -0.336. The fourth-order valence-electron chi connectivity index (χ4n) is 2.66.